The number of rotatable bonds is 3. The van der Waals surface area contributed by atoms with E-state index in [1.165, 1.54) is 12.1 Å². The molecule has 2 rings (SSSR count). The lowest BCUT2D eigenvalue weighted by molar-refractivity contribution is -0.146. The third-order valence-electron chi connectivity index (χ3n) is 2.61. The average Bonchev–Trinajstić information content (AvgIpc) is 2.74. The molecule has 1 aromatic heterocycles. The van der Waals surface area contributed by atoms with Crippen LogP contribution in [0.3, 0.4) is 0 Å². The summed E-state index contributed by atoms with van der Waals surface area (Å²) in [4.78, 5) is 14.8. The highest BCUT2D eigenvalue weighted by Gasteiger charge is 2.17. The van der Waals surface area contributed by atoms with Gasteiger partial charge >= 0.3 is 5.97 Å². The van der Waals surface area contributed by atoms with E-state index in [9.17, 15) is 9.90 Å². The molecule has 0 fully saturated rings. The predicted molar refractivity (Wildman–Crippen MR) is 65.9 cm³/mol. The normalized spacial score (nSPS) is 12.4. The number of hydrogen-bond donors (Lipinski definition) is 2. The fraction of sp³-hybridized carbons (Fsp3) is 0.167. The van der Waals surface area contributed by atoms with Crippen LogP contribution in [0, 0.1) is 6.92 Å². The van der Waals surface area contributed by atoms with E-state index in [0.29, 0.717) is 10.7 Å². The third kappa shape index (κ3) is 2.23. The second-order valence-electron chi connectivity index (χ2n) is 3.80. The van der Waals surface area contributed by atoms with Gasteiger partial charge in [0, 0.05) is 12.4 Å². The molecular formula is C12H11ClN2O3. The Kier molecular flexibility index (Phi) is 3.36. The van der Waals surface area contributed by atoms with Crippen LogP contribution in [0.1, 0.15) is 17.5 Å². The van der Waals surface area contributed by atoms with Crippen LogP contribution in [0.4, 0.5) is 0 Å². The summed E-state index contributed by atoms with van der Waals surface area (Å²) in [7, 11) is 0. The van der Waals surface area contributed by atoms with Crippen molar-refractivity contribution in [1.29, 1.82) is 0 Å². The van der Waals surface area contributed by atoms with Gasteiger partial charge in [0.25, 0.3) is 0 Å². The fourth-order valence-electron chi connectivity index (χ4n) is 1.66. The Balaban J connectivity index is 2.43. The first kappa shape index (κ1) is 12.6. The molecule has 1 heterocycles. The van der Waals surface area contributed by atoms with Gasteiger partial charge in [-0.05, 0) is 24.6 Å². The minimum absolute atomic E-state index is 0.244. The highest BCUT2D eigenvalue weighted by molar-refractivity contribution is 6.32. The summed E-state index contributed by atoms with van der Waals surface area (Å²) >= 11 is 6.09. The van der Waals surface area contributed by atoms with Crippen LogP contribution in [-0.2, 0) is 4.79 Å². The SMILES string of the molecule is Cc1nccn1-c1ccc(C(O)C(=O)O)cc1Cl. The largest absolute Gasteiger partial charge is 0.479 e. The zero-order chi connectivity index (χ0) is 13.3. The van der Waals surface area contributed by atoms with Gasteiger partial charge in [-0.3, -0.25) is 0 Å². The van der Waals surface area contributed by atoms with Crippen LogP contribution >= 0.6 is 11.6 Å². The van der Waals surface area contributed by atoms with Crippen molar-refractivity contribution in [2.24, 2.45) is 0 Å². The minimum Gasteiger partial charge on any atom is -0.479 e. The molecule has 0 amide bonds. The molecule has 0 aliphatic carbocycles. The summed E-state index contributed by atoms with van der Waals surface area (Å²) in [6.07, 6.45) is 1.83. The van der Waals surface area contributed by atoms with Gasteiger partial charge in [0.05, 0.1) is 10.7 Å². The lowest BCUT2D eigenvalue weighted by atomic mass is 10.1. The molecule has 94 valence electrons. The maximum atomic E-state index is 10.7. The van der Waals surface area contributed by atoms with Gasteiger partial charge in [-0.1, -0.05) is 17.7 Å². The molecule has 0 radical (unpaired) electrons. The van der Waals surface area contributed by atoms with E-state index in [1.807, 2.05) is 6.92 Å². The number of aryl methyl sites for hydroxylation is 1. The standard InChI is InChI=1S/C12H11ClN2O3/c1-7-14-4-5-15(7)10-3-2-8(6-9(10)13)11(16)12(17)18/h2-6,11,16H,1H3,(H,17,18). The van der Waals surface area contributed by atoms with Crippen molar-refractivity contribution in [3.63, 3.8) is 0 Å². The second kappa shape index (κ2) is 4.80. The van der Waals surface area contributed by atoms with Crippen LogP contribution in [0.2, 0.25) is 5.02 Å². The highest BCUT2D eigenvalue weighted by Crippen LogP contribution is 2.25. The van der Waals surface area contributed by atoms with Gasteiger partial charge < -0.3 is 14.8 Å². The molecule has 0 aliphatic heterocycles. The molecule has 0 bridgehead atoms. The lowest BCUT2D eigenvalue weighted by Crippen LogP contribution is -2.10. The first-order valence-electron chi connectivity index (χ1n) is 5.21. The van der Waals surface area contributed by atoms with Gasteiger partial charge in [-0.2, -0.15) is 0 Å². The molecule has 0 spiro atoms. The van der Waals surface area contributed by atoms with E-state index in [0.717, 1.165) is 5.82 Å². The van der Waals surface area contributed by atoms with Crippen molar-refractivity contribution in [1.82, 2.24) is 9.55 Å². The van der Waals surface area contributed by atoms with E-state index in [1.54, 1.807) is 23.0 Å². The Labute approximate surface area is 108 Å². The number of aromatic nitrogens is 2. The topological polar surface area (TPSA) is 75.3 Å². The molecule has 5 nitrogen and oxygen atoms in total. The van der Waals surface area contributed by atoms with E-state index in [4.69, 9.17) is 16.7 Å². The van der Waals surface area contributed by atoms with Gasteiger partial charge in [0.15, 0.2) is 6.10 Å². The number of nitrogens with zero attached hydrogens (tertiary/aromatic N) is 2. The first-order chi connectivity index (χ1) is 8.50. The maximum Gasteiger partial charge on any atom is 0.337 e. The zero-order valence-electron chi connectivity index (χ0n) is 9.54. The molecule has 0 saturated carbocycles. The molecule has 0 aliphatic rings. The number of halogens is 1. The molecular weight excluding hydrogens is 256 g/mol. The summed E-state index contributed by atoms with van der Waals surface area (Å²) in [5.74, 6) is -0.541. The predicted octanol–water partition coefficient (Wildman–Crippen LogP) is 1.95. The van der Waals surface area contributed by atoms with E-state index < -0.39 is 12.1 Å². The quantitative estimate of drug-likeness (QED) is 0.890. The van der Waals surface area contributed by atoms with Crippen LogP contribution < -0.4 is 0 Å². The number of carboxylic acids is 1. The smallest absolute Gasteiger partial charge is 0.337 e. The van der Waals surface area contributed by atoms with Crippen molar-refractivity contribution in [3.05, 3.63) is 47.0 Å². The number of hydrogen-bond acceptors (Lipinski definition) is 3. The number of carbonyl (C=O) groups is 1. The number of imidazole rings is 1. The maximum absolute atomic E-state index is 10.7. The van der Waals surface area contributed by atoms with Crippen molar-refractivity contribution in [3.8, 4) is 5.69 Å². The van der Waals surface area contributed by atoms with Crippen molar-refractivity contribution < 1.29 is 15.0 Å². The van der Waals surface area contributed by atoms with Crippen LogP contribution in [0.5, 0.6) is 0 Å². The number of benzene rings is 1. The van der Waals surface area contributed by atoms with E-state index in [-0.39, 0.29) is 5.56 Å². The molecule has 1 unspecified atom stereocenters. The van der Waals surface area contributed by atoms with Crippen LogP contribution in [0.15, 0.2) is 30.6 Å². The van der Waals surface area contributed by atoms with E-state index >= 15 is 0 Å². The highest BCUT2D eigenvalue weighted by atomic mass is 35.5. The van der Waals surface area contributed by atoms with Gasteiger partial charge in [-0.25, -0.2) is 9.78 Å². The Morgan fingerprint density at radius 2 is 2.22 bits per heavy atom. The number of aliphatic hydroxyl groups excluding tert-OH is 1. The number of aliphatic hydroxyl groups is 1. The van der Waals surface area contributed by atoms with Crippen LogP contribution in [-0.4, -0.2) is 25.7 Å². The molecule has 1 aromatic carbocycles. The summed E-state index contributed by atoms with van der Waals surface area (Å²) in [6.45, 7) is 1.83. The third-order valence-corrected chi connectivity index (χ3v) is 2.91. The van der Waals surface area contributed by atoms with Gasteiger partial charge in [0.2, 0.25) is 0 Å². The van der Waals surface area contributed by atoms with Gasteiger partial charge in [-0.15, -0.1) is 0 Å². The fourth-order valence-corrected chi connectivity index (χ4v) is 1.94. The Morgan fingerprint density at radius 3 is 2.72 bits per heavy atom. The Bertz CT molecular complexity index is 595. The molecule has 18 heavy (non-hydrogen) atoms. The monoisotopic (exact) mass is 266 g/mol. The molecule has 6 heteroatoms. The Hall–Kier alpha value is -1.85. The lowest BCUT2D eigenvalue weighted by Gasteiger charge is -2.11. The van der Waals surface area contributed by atoms with E-state index in [2.05, 4.69) is 4.98 Å². The number of carboxylic acid groups (broad SMARTS) is 1. The zero-order valence-corrected chi connectivity index (χ0v) is 10.3. The summed E-state index contributed by atoms with van der Waals surface area (Å²) in [5, 5.41) is 18.5. The summed E-state index contributed by atoms with van der Waals surface area (Å²) in [6, 6.07) is 4.62. The summed E-state index contributed by atoms with van der Waals surface area (Å²) < 4.78 is 1.78. The van der Waals surface area contributed by atoms with Crippen molar-refractivity contribution >= 4 is 17.6 Å². The first-order valence-corrected chi connectivity index (χ1v) is 5.59. The second-order valence-corrected chi connectivity index (χ2v) is 4.20. The molecule has 1 atom stereocenters. The van der Waals surface area contributed by atoms with Gasteiger partial charge in [0.1, 0.15) is 5.82 Å². The van der Waals surface area contributed by atoms with Crippen molar-refractivity contribution in [2.75, 3.05) is 0 Å². The van der Waals surface area contributed by atoms with Crippen LogP contribution in [0.25, 0.3) is 5.69 Å². The summed E-state index contributed by atoms with van der Waals surface area (Å²) in [5.41, 5.74) is 0.932. The molecule has 2 N–H and O–H groups in total. The molecule has 2 aromatic rings. The van der Waals surface area contributed by atoms with Crippen molar-refractivity contribution in [2.45, 2.75) is 13.0 Å². The molecule has 0 saturated heterocycles. The average molecular weight is 267 g/mol. The Morgan fingerprint density at radius 1 is 1.50 bits per heavy atom. The minimum atomic E-state index is -1.57. The number of aliphatic carboxylic acids is 1.